The molecule has 0 aliphatic heterocycles. The van der Waals surface area contributed by atoms with Crippen molar-refractivity contribution in [2.75, 3.05) is 0 Å². The largest absolute Gasteiger partial charge is 0.382 e. The second-order valence-electron chi connectivity index (χ2n) is 2.90. The van der Waals surface area contributed by atoms with Crippen molar-refractivity contribution in [3.05, 3.63) is 45.7 Å². The summed E-state index contributed by atoms with van der Waals surface area (Å²) in [6.07, 6.45) is -1.10. The standard InChI is InChI=1S/C9H6ClFN2OS/c10-5-1-2-6(7(11)3-5)9(14)8-4-15-13-12-8/h1-4,9,14H. The molecule has 2 rings (SSSR count). The first-order valence-corrected chi connectivity index (χ1v) is 5.30. The van der Waals surface area contributed by atoms with Gasteiger partial charge in [-0.2, -0.15) is 0 Å². The lowest BCUT2D eigenvalue weighted by Gasteiger charge is -2.08. The van der Waals surface area contributed by atoms with Gasteiger partial charge in [-0.3, -0.25) is 0 Å². The first-order valence-electron chi connectivity index (χ1n) is 4.08. The van der Waals surface area contributed by atoms with Gasteiger partial charge in [-0.25, -0.2) is 4.39 Å². The lowest BCUT2D eigenvalue weighted by Crippen LogP contribution is -2.02. The Bertz CT molecular complexity index is 463. The van der Waals surface area contributed by atoms with E-state index >= 15 is 0 Å². The van der Waals surface area contributed by atoms with E-state index in [2.05, 4.69) is 9.59 Å². The van der Waals surface area contributed by atoms with Crippen LogP contribution >= 0.6 is 23.1 Å². The van der Waals surface area contributed by atoms with Crippen molar-refractivity contribution in [1.82, 2.24) is 9.59 Å². The zero-order chi connectivity index (χ0) is 10.8. The van der Waals surface area contributed by atoms with E-state index in [9.17, 15) is 9.50 Å². The monoisotopic (exact) mass is 244 g/mol. The van der Waals surface area contributed by atoms with Crippen molar-refractivity contribution in [1.29, 1.82) is 0 Å². The molecule has 0 bridgehead atoms. The van der Waals surface area contributed by atoms with Crippen LogP contribution in [0.25, 0.3) is 0 Å². The van der Waals surface area contributed by atoms with Crippen LogP contribution in [0.4, 0.5) is 4.39 Å². The third-order valence-corrected chi connectivity index (χ3v) is 2.67. The van der Waals surface area contributed by atoms with Crippen LogP contribution in [-0.4, -0.2) is 14.7 Å². The summed E-state index contributed by atoms with van der Waals surface area (Å²) in [5, 5.41) is 15.3. The number of nitrogens with zero attached hydrogens (tertiary/aromatic N) is 2. The molecule has 0 spiro atoms. The molecule has 2 aromatic rings. The normalized spacial score (nSPS) is 12.7. The Hall–Kier alpha value is -1.04. The SMILES string of the molecule is OC(c1csnn1)c1ccc(Cl)cc1F. The highest BCUT2D eigenvalue weighted by Crippen LogP contribution is 2.25. The van der Waals surface area contributed by atoms with E-state index in [-0.39, 0.29) is 5.56 Å². The van der Waals surface area contributed by atoms with Crippen LogP contribution in [0.5, 0.6) is 0 Å². The molecule has 0 aliphatic carbocycles. The van der Waals surface area contributed by atoms with Crippen LogP contribution in [0.1, 0.15) is 17.4 Å². The van der Waals surface area contributed by atoms with Crippen LogP contribution in [0.2, 0.25) is 5.02 Å². The Morgan fingerprint density at radius 2 is 2.27 bits per heavy atom. The summed E-state index contributed by atoms with van der Waals surface area (Å²) in [7, 11) is 0. The highest BCUT2D eigenvalue weighted by molar-refractivity contribution is 7.03. The predicted molar refractivity (Wildman–Crippen MR) is 55.4 cm³/mol. The number of benzene rings is 1. The molecule has 1 heterocycles. The molecule has 0 radical (unpaired) electrons. The van der Waals surface area contributed by atoms with Crippen LogP contribution in [-0.2, 0) is 0 Å². The summed E-state index contributed by atoms with van der Waals surface area (Å²) in [5.41, 5.74) is 0.480. The summed E-state index contributed by atoms with van der Waals surface area (Å²) in [6, 6.07) is 4.10. The average molecular weight is 245 g/mol. The van der Waals surface area contributed by atoms with Gasteiger partial charge in [-0.1, -0.05) is 22.2 Å². The molecule has 1 atom stereocenters. The molecule has 78 valence electrons. The van der Waals surface area contributed by atoms with Gasteiger partial charge in [0.2, 0.25) is 0 Å². The second kappa shape index (κ2) is 4.22. The Kier molecular flexibility index (Phi) is 2.95. The van der Waals surface area contributed by atoms with E-state index in [1.165, 1.54) is 12.1 Å². The minimum Gasteiger partial charge on any atom is -0.382 e. The Labute approximate surface area is 94.3 Å². The summed E-state index contributed by atoms with van der Waals surface area (Å²) < 4.78 is 17.0. The maximum Gasteiger partial charge on any atom is 0.130 e. The molecule has 1 unspecified atom stereocenters. The van der Waals surface area contributed by atoms with Gasteiger partial charge in [0.05, 0.1) is 0 Å². The Morgan fingerprint density at radius 3 is 2.87 bits per heavy atom. The molecule has 0 saturated carbocycles. The molecule has 0 amide bonds. The van der Waals surface area contributed by atoms with Gasteiger partial charge in [-0.05, 0) is 23.7 Å². The van der Waals surface area contributed by atoms with Crippen LogP contribution in [0, 0.1) is 5.82 Å². The zero-order valence-corrected chi connectivity index (χ0v) is 8.96. The third kappa shape index (κ3) is 2.14. The van der Waals surface area contributed by atoms with E-state index in [1.54, 1.807) is 5.38 Å². The molecule has 15 heavy (non-hydrogen) atoms. The fourth-order valence-corrected chi connectivity index (χ4v) is 1.80. The number of hydrogen-bond donors (Lipinski definition) is 1. The number of hydrogen-bond acceptors (Lipinski definition) is 4. The van der Waals surface area contributed by atoms with Crippen LogP contribution in [0.15, 0.2) is 23.6 Å². The van der Waals surface area contributed by atoms with Crippen molar-refractivity contribution in [3.63, 3.8) is 0 Å². The Morgan fingerprint density at radius 1 is 1.47 bits per heavy atom. The molecule has 6 heteroatoms. The maximum atomic E-state index is 13.4. The van der Waals surface area contributed by atoms with Gasteiger partial charge in [0.15, 0.2) is 0 Å². The quantitative estimate of drug-likeness (QED) is 0.883. The minimum absolute atomic E-state index is 0.145. The summed E-state index contributed by atoms with van der Waals surface area (Å²) >= 11 is 6.70. The van der Waals surface area contributed by atoms with Crippen LogP contribution in [0.3, 0.4) is 0 Å². The number of halogens is 2. The van der Waals surface area contributed by atoms with E-state index in [0.717, 1.165) is 17.6 Å². The number of aromatic nitrogens is 2. The van der Waals surface area contributed by atoms with Gasteiger partial charge in [-0.15, -0.1) is 5.10 Å². The topological polar surface area (TPSA) is 46.0 Å². The fourth-order valence-electron chi connectivity index (χ4n) is 1.17. The first-order chi connectivity index (χ1) is 7.18. The average Bonchev–Trinajstić information content (AvgIpc) is 2.69. The lowest BCUT2D eigenvalue weighted by molar-refractivity contribution is 0.210. The lowest BCUT2D eigenvalue weighted by atomic mass is 10.1. The van der Waals surface area contributed by atoms with E-state index in [4.69, 9.17) is 11.6 Å². The van der Waals surface area contributed by atoms with Crippen LogP contribution < -0.4 is 0 Å². The van der Waals surface area contributed by atoms with Gasteiger partial charge < -0.3 is 5.11 Å². The molecule has 0 saturated heterocycles. The van der Waals surface area contributed by atoms with E-state index in [0.29, 0.717) is 10.7 Å². The van der Waals surface area contributed by atoms with Crippen molar-refractivity contribution in [3.8, 4) is 0 Å². The van der Waals surface area contributed by atoms with Gasteiger partial charge in [0.1, 0.15) is 17.6 Å². The van der Waals surface area contributed by atoms with Crippen molar-refractivity contribution >= 4 is 23.1 Å². The van der Waals surface area contributed by atoms with Crippen molar-refractivity contribution in [2.24, 2.45) is 0 Å². The van der Waals surface area contributed by atoms with Gasteiger partial charge in [0.25, 0.3) is 0 Å². The van der Waals surface area contributed by atoms with Crippen molar-refractivity contribution < 1.29 is 9.50 Å². The molecule has 3 nitrogen and oxygen atoms in total. The first kappa shape index (κ1) is 10.5. The molecule has 0 aliphatic rings. The molecular weight excluding hydrogens is 239 g/mol. The Balaban J connectivity index is 2.38. The smallest absolute Gasteiger partial charge is 0.130 e. The number of rotatable bonds is 2. The predicted octanol–water partition coefficient (Wildman–Crippen LogP) is 2.41. The minimum atomic E-state index is -1.10. The summed E-state index contributed by atoms with van der Waals surface area (Å²) in [4.78, 5) is 0. The van der Waals surface area contributed by atoms with Gasteiger partial charge >= 0.3 is 0 Å². The van der Waals surface area contributed by atoms with E-state index < -0.39 is 11.9 Å². The van der Waals surface area contributed by atoms with Crippen molar-refractivity contribution in [2.45, 2.75) is 6.10 Å². The summed E-state index contributed by atoms with van der Waals surface area (Å²) in [6.45, 7) is 0. The highest BCUT2D eigenvalue weighted by atomic mass is 35.5. The van der Waals surface area contributed by atoms with E-state index in [1.807, 2.05) is 0 Å². The fraction of sp³-hybridized carbons (Fsp3) is 0.111. The summed E-state index contributed by atoms with van der Waals surface area (Å²) in [5.74, 6) is -0.553. The molecule has 1 aromatic heterocycles. The molecular formula is C9H6ClFN2OS. The highest BCUT2D eigenvalue weighted by Gasteiger charge is 2.17. The van der Waals surface area contributed by atoms with Gasteiger partial charge in [0, 0.05) is 16.0 Å². The molecule has 1 N–H and O–H groups in total. The zero-order valence-electron chi connectivity index (χ0n) is 7.39. The number of aliphatic hydroxyl groups excluding tert-OH is 1. The second-order valence-corrected chi connectivity index (χ2v) is 3.94. The molecule has 0 fully saturated rings. The maximum absolute atomic E-state index is 13.4. The third-order valence-electron chi connectivity index (χ3n) is 1.91. The number of aliphatic hydroxyl groups is 1. The molecule has 1 aromatic carbocycles.